The molecule has 1 aliphatic heterocycles. The van der Waals surface area contributed by atoms with Crippen molar-refractivity contribution in [2.24, 2.45) is 0 Å². The molecule has 2 aromatic rings. The minimum absolute atomic E-state index is 0.0323. The summed E-state index contributed by atoms with van der Waals surface area (Å²) in [5, 5.41) is 12.0. The van der Waals surface area contributed by atoms with Crippen molar-refractivity contribution >= 4 is 5.91 Å². The summed E-state index contributed by atoms with van der Waals surface area (Å²) in [5.41, 5.74) is 3.28. The number of aromatic nitrogens is 4. The molecule has 152 valence electrons. The molecule has 0 unspecified atom stereocenters. The van der Waals surface area contributed by atoms with Crippen LogP contribution in [-0.2, 0) is 24.4 Å². The molecule has 1 N–H and O–H groups in total. The Kier molecular flexibility index (Phi) is 5.80. The molecule has 1 aliphatic carbocycles. The van der Waals surface area contributed by atoms with Crippen molar-refractivity contribution in [1.82, 2.24) is 29.8 Å². The first-order valence-electron chi connectivity index (χ1n) is 10.7. The molecule has 1 atom stereocenters. The van der Waals surface area contributed by atoms with Crippen LogP contribution in [0.1, 0.15) is 68.4 Å². The number of aryl methyl sites for hydroxylation is 2. The highest BCUT2D eigenvalue weighted by molar-refractivity contribution is 5.79. The van der Waals surface area contributed by atoms with Gasteiger partial charge in [0.05, 0.1) is 24.1 Å². The largest absolute Gasteiger partial charge is 0.349 e. The van der Waals surface area contributed by atoms with Gasteiger partial charge in [0, 0.05) is 31.9 Å². The zero-order valence-corrected chi connectivity index (χ0v) is 17.1. The Labute approximate surface area is 167 Å². The second-order valence-electron chi connectivity index (χ2n) is 8.36. The molecule has 0 bridgehead atoms. The van der Waals surface area contributed by atoms with Crippen LogP contribution < -0.4 is 5.32 Å². The van der Waals surface area contributed by atoms with Crippen LogP contribution in [0, 0.1) is 6.92 Å². The van der Waals surface area contributed by atoms with Crippen molar-refractivity contribution < 1.29 is 4.79 Å². The smallest absolute Gasteiger partial charge is 0.244 e. The minimum atomic E-state index is -0.323. The topological polar surface area (TPSA) is 68.0 Å². The van der Waals surface area contributed by atoms with Gasteiger partial charge in [0.25, 0.3) is 0 Å². The summed E-state index contributed by atoms with van der Waals surface area (Å²) < 4.78 is 3.85. The highest BCUT2D eigenvalue weighted by Gasteiger charge is 2.25. The number of hydrogen-bond acceptors (Lipinski definition) is 4. The van der Waals surface area contributed by atoms with E-state index in [1.165, 1.54) is 44.3 Å². The Balaban J connectivity index is 1.36. The van der Waals surface area contributed by atoms with E-state index in [-0.39, 0.29) is 11.9 Å². The molecule has 1 amide bonds. The van der Waals surface area contributed by atoms with Crippen molar-refractivity contribution in [2.45, 2.75) is 84.1 Å². The van der Waals surface area contributed by atoms with Gasteiger partial charge in [-0.2, -0.15) is 10.2 Å². The first-order valence-corrected chi connectivity index (χ1v) is 10.7. The fourth-order valence-corrected chi connectivity index (χ4v) is 4.48. The van der Waals surface area contributed by atoms with Crippen LogP contribution in [0.2, 0.25) is 0 Å². The fraction of sp³-hybridized carbons (Fsp3) is 0.667. The molecular formula is C21H32N6O. The normalized spacial score (nSPS) is 19.8. The van der Waals surface area contributed by atoms with E-state index in [1.54, 1.807) is 10.9 Å². The van der Waals surface area contributed by atoms with Gasteiger partial charge in [-0.15, -0.1) is 0 Å². The Bertz CT molecular complexity index is 804. The maximum absolute atomic E-state index is 12.5. The van der Waals surface area contributed by atoms with Crippen molar-refractivity contribution in [3.8, 4) is 0 Å². The summed E-state index contributed by atoms with van der Waals surface area (Å²) in [6, 6.07) is 2.58. The molecule has 28 heavy (non-hydrogen) atoms. The first-order chi connectivity index (χ1) is 13.6. The van der Waals surface area contributed by atoms with Gasteiger partial charge in [-0.25, -0.2) is 0 Å². The number of fused-ring (bicyclic) bond motifs is 1. The molecule has 7 nitrogen and oxygen atoms in total. The molecule has 3 heterocycles. The number of hydrogen-bond donors (Lipinski definition) is 1. The number of nitrogens with zero attached hydrogens (tertiary/aromatic N) is 5. The predicted molar refractivity (Wildman–Crippen MR) is 108 cm³/mol. The Morgan fingerprint density at radius 3 is 2.82 bits per heavy atom. The van der Waals surface area contributed by atoms with Gasteiger partial charge in [0.15, 0.2) is 0 Å². The Morgan fingerprint density at radius 2 is 2.07 bits per heavy atom. The van der Waals surface area contributed by atoms with Crippen molar-refractivity contribution in [3.05, 3.63) is 35.4 Å². The van der Waals surface area contributed by atoms with Crippen LogP contribution in [0.25, 0.3) is 0 Å². The number of carbonyl (C=O) groups is 1. The van der Waals surface area contributed by atoms with Crippen molar-refractivity contribution in [3.63, 3.8) is 0 Å². The van der Waals surface area contributed by atoms with Gasteiger partial charge in [0.2, 0.25) is 5.91 Å². The molecule has 2 aliphatic rings. The van der Waals surface area contributed by atoms with E-state index in [4.69, 9.17) is 5.10 Å². The van der Waals surface area contributed by atoms with Crippen LogP contribution in [0.5, 0.6) is 0 Å². The van der Waals surface area contributed by atoms with Gasteiger partial charge in [-0.3, -0.25) is 19.1 Å². The van der Waals surface area contributed by atoms with Crippen molar-refractivity contribution in [2.75, 3.05) is 6.54 Å². The lowest BCUT2D eigenvalue weighted by molar-refractivity contribution is -0.124. The van der Waals surface area contributed by atoms with E-state index in [2.05, 4.69) is 26.1 Å². The van der Waals surface area contributed by atoms with Crippen molar-refractivity contribution in [1.29, 1.82) is 0 Å². The molecule has 0 aromatic carbocycles. The van der Waals surface area contributed by atoms with Crippen LogP contribution >= 0.6 is 0 Å². The van der Waals surface area contributed by atoms with Gasteiger partial charge in [0.1, 0.15) is 6.04 Å². The summed E-state index contributed by atoms with van der Waals surface area (Å²) in [5.74, 6) is -0.0323. The molecule has 0 saturated heterocycles. The highest BCUT2D eigenvalue weighted by Crippen LogP contribution is 2.26. The quantitative estimate of drug-likeness (QED) is 0.861. The lowest BCUT2D eigenvalue weighted by Crippen LogP contribution is -2.36. The van der Waals surface area contributed by atoms with E-state index in [0.717, 1.165) is 36.8 Å². The lowest BCUT2D eigenvalue weighted by atomic mass is 9.94. The molecule has 1 fully saturated rings. The molecule has 0 radical (unpaired) electrons. The first kappa shape index (κ1) is 19.2. The molecule has 0 spiro atoms. The standard InChI is InChI=1S/C21H32N6O/c1-16-12-23-27(14-16)17(2)21(28)22-13-18-11-20-15-25(9-6-10-26(20)24-18)19-7-4-3-5-8-19/h11-12,14,17,19H,3-10,13,15H2,1-2H3,(H,22,28)/t17-/m0/s1. The Hall–Kier alpha value is -2.15. The summed E-state index contributed by atoms with van der Waals surface area (Å²) in [7, 11) is 0. The zero-order valence-electron chi connectivity index (χ0n) is 17.1. The van der Waals surface area contributed by atoms with Gasteiger partial charge >= 0.3 is 0 Å². The highest BCUT2D eigenvalue weighted by atomic mass is 16.2. The number of nitrogens with one attached hydrogen (secondary N) is 1. The number of amides is 1. The summed E-state index contributed by atoms with van der Waals surface area (Å²) in [4.78, 5) is 15.1. The average Bonchev–Trinajstić information content (AvgIpc) is 3.26. The van der Waals surface area contributed by atoms with Crippen LogP contribution in [0.4, 0.5) is 0 Å². The third kappa shape index (κ3) is 4.29. The summed E-state index contributed by atoms with van der Waals surface area (Å²) in [6.07, 6.45) is 11.6. The number of rotatable bonds is 5. The average molecular weight is 385 g/mol. The third-order valence-electron chi connectivity index (χ3n) is 6.14. The summed E-state index contributed by atoms with van der Waals surface area (Å²) in [6.45, 7) is 7.42. The molecule has 7 heteroatoms. The second-order valence-corrected chi connectivity index (χ2v) is 8.36. The van der Waals surface area contributed by atoms with E-state index < -0.39 is 0 Å². The summed E-state index contributed by atoms with van der Waals surface area (Å²) >= 11 is 0. The van der Waals surface area contributed by atoms with E-state index in [1.807, 2.05) is 20.0 Å². The van der Waals surface area contributed by atoms with Crippen LogP contribution in [0.3, 0.4) is 0 Å². The molecular weight excluding hydrogens is 352 g/mol. The van der Waals surface area contributed by atoms with E-state index in [0.29, 0.717) is 6.54 Å². The predicted octanol–water partition coefficient (Wildman–Crippen LogP) is 2.80. The molecule has 1 saturated carbocycles. The van der Waals surface area contributed by atoms with Gasteiger partial charge in [-0.05, 0) is 44.7 Å². The van der Waals surface area contributed by atoms with Gasteiger partial charge < -0.3 is 5.32 Å². The van der Waals surface area contributed by atoms with Gasteiger partial charge in [-0.1, -0.05) is 19.3 Å². The SMILES string of the molecule is Cc1cnn([C@@H](C)C(=O)NCc2cc3n(n2)CCCN(C2CCCCC2)C3)c1. The van der Waals surface area contributed by atoms with Crippen LogP contribution in [-0.4, -0.2) is 43.0 Å². The van der Waals surface area contributed by atoms with E-state index >= 15 is 0 Å². The maximum Gasteiger partial charge on any atom is 0.244 e. The maximum atomic E-state index is 12.5. The molecule has 4 rings (SSSR count). The third-order valence-corrected chi connectivity index (χ3v) is 6.14. The van der Waals surface area contributed by atoms with E-state index in [9.17, 15) is 4.79 Å². The lowest BCUT2D eigenvalue weighted by Gasteiger charge is -2.33. The number of carbonyl (C=O) groups excluding carboxylic acids is 1. The molecule has 2 aromatic heterocycles. The zero-order chi connectivity index (χ0) is 19.5. The fourth-order valence-electron chi connectivity index (χ4n) is 4.48. The Morgan fingerprint density at radius 1 is 1.25 bits per heavy atom. The monoisotopic (exact) mass is 384 g/mol. The second kappa shape index (κ2) is 8.47. The minimum Gasteiger partial charge on any atom is -0.349 e. The van der Waals surface area contributed by atoms with Crippen LogP contribution in [0.15, 0.2) is 18.5 Å².